The number of pyridine rings is 1. The average Bonchev–Trinajstić information content (AvgIpc) is 3.09. The van der Waals surface area contributed by atoms with E-state index in [1.807, 2.05) is 36.4 Å². The fraction of sp³-hybridized carbons (Fsp3) is 0.120. The summed E-state index contributed by atoms with van der Waals surface area (Å²) in [6.07, 6.45) is 3.93. The zero-order valence-corrected chi connectivity index (χ0v) is 18.6. The second kappa shape index (κ2) is 9.22. The van der Waals surface area contributed by atoms with E-state index in [2.05, 4.69) is 33.6 Å². The van der Waals surface area contributed by atoms with Crippen LogP contribution in [0.1, 0.15) is 6.42 Å². The summed E-state index contributed by atoms with van der Waals surface area (Å²) in [5.74, 6) is 1.68. The van der Waals surface area contributed by atoms with Gasteiger partial charge in [0.15, 0.2) is 0 Å². The molecule has 0 fully saturated rings. The number of fused-ring (bicyclic) bond motifs is 2. The Bertz CT molecular complexity index is 1330. The Hall–Kier alpha value is -4.04. The molecule has 1 aliphatic rings. The van der Waals surface area contributed by atoms with Crippen molar-refractivity contribution in [1.82, 2.24) is 4.98 Å². The molecule has 1 aliphatic heterocycles. The van der Waals surface area contributed by atoms with Gasteiger partial charge >= 0.3 is 0 Å². The zero-order chi connectivity index (χ0) is 22.6. The first-order chi connectivity index (χ1) is 16.2. The fourth-order valence-electron chi connectivity index (χ4n) is 3.51. The molecule has 0 spiro atoms. The van der Waals surface area contributed by atoms with Gasteiger partial charge in [-0.05, 0) is 55.0 Å². The smallest absolute Gasteiger partial charge is 0.247 e. The quantitative estimate of drug-likeness (QED) is 0.301. The van der Waals surface area contributed by atoms with E-state index in [1.165, 1.54) is 6.08 Å². The summed E-state index contributed by atoms with van der Waals surface area (Å²) in [5.41, 5.74) is 2.59. The minimum absolute atomic E-state index is 0.277. The van der Waals surface area contributed by atoms with Crippen molar-refractivity contribution in [1.29, 1.82) is 0 Å². The molecule has 2 aromatic carbocycles. The first-order valence-electron chi connectivity index (χ1n) is 10.6. The molecule has 0 atom stereocenters. The molecule has 33 heavy (non-hydrogen) atoms. The molecular formula is C25H22N4O3S. The molecule has 1 amide bonds. The number of carbonyl (C=O) groups is 1. The topological polar surface area (TPSA) is 84.5 Å². The minimum atomic E-state index is -0.277. The highest BCUT2D eigenvalue weighted by Crippen LogP contribution is 2.38. The van der Waals surface area contributed by atoms with Crippen LogP contribution in [0.5, 0.6) is 17.4 Å². The van der Waals surface area contributed by atoms with Crippen molar-refractivity contribution in [2.45, 2.75) is 6.42 Å². The molecule has 0 aliphatic carbocycles. The Labute approximate surface area is 195 Å². The Kier molecular flexibility index (Phi) is 5.82. The molecular weight excluding hydrogens is 436 g/mol. The van der Waals surface area contributed by atoms with E-state index in [0.717, 1.165) is 51.8 Å². The van der Waals surface area contributed by atoms with E-state index >= 15 is 0 Å². The molecule has 8 heteroatoms. The number of aromatic nitrogens is 1. The van der Waals surface area contributed by atoms with Gasteiger partial charge in [-0.3, -0.25) is 4.79 Å². The number of nitrogens with one attached hydrogen (secondary N) is 3. The summed E-state index contributed by atoms with van der Waals surface area (Å²) in [6.45, 7) is 5.09. The third kappa shape index (κ3) is 4.75. The number of amides is 1. The van der Waals surface area contributed by atoms with Crippen molar-refractivity contribution in [3.8, 4) is 17.4 Å². The monoisotopic (exact) mass is 458 g/mol. The van der Waals surface area contributed by atoms with Gasteiger partial charge in [0.2, 0.25) is 11.8 Å². The predicted molar refractivity (Wildman–Crippen MR) is 133 cm³/mol. The van der Waals surface area contributed by atoms with Crippen molar-refractivity contribution >= 4 is 49.4 Å². The van der Waals surface area contributed by atoms with Crippen LogP contribution < -0.4 is 25.4 Å². The lowest BCUT2D eigenvalue weighted by Crippen LogP contribution is -2.06. The van der Waals surface area contributed by atoms with Gasteiger partial charge in [0.1, 0.15) is 11.5 Å². The number of benzene rings is 2. The standard InChI is InChI=1S/C25H22N4O3S/c1-2-23(30)28-16-5-3-6-18(13-16)32-25-19-15-24(33-22(19)9-11-27-25)29-17-7-8-21-20(14-17)26-10-4-12-31-21/h2-3,5-9,11,13-15,26,29H,1,4,10,12H2,(H,28,30). The van der Waals surface area contributed by atoms with E-state index in [9.17, 15) is 4.79 Å². The number of rotatable bonds is 6. The van der Waals surface area contributed by atoms with E-state index < -0.39 is 0 Å². The summed E-state index contributed by atoms with van der Waals surface area (Å²) in [6, 6.07) is 17.2. The van der Waals surface area contributed by atoms with Crippen molar-refractivity contribution in [2.75, 3.05) is 29.1 Å². The van der Waals surface area contributed by atoms with Crippen LogP contribution in [0.15, 0.2) is 73.4 Å². The minimum Gasteiger partial charge on any atom is -0.491 e. The van der Waals surface area contributed by atoms with Crippen LogP contribution in [0, 0.1) is 0 Å². The molecule has 0 bridgehead atoms. The van der Waals surface area contributed by atoms with E-state index in [4.69, 9.17) is 9.47 Å². The van der Waals surface area contributed by atoms with Gasteiger partial charge in [-0.25, -0.2) is 4.98 Å². The molecule has 0 unspecified atom stereocenters. The molecule has 3 N–H and O–H groups in total. The Morgan fingerprint density at radius 1 is 1.18 bits per heavy atom. The first kappa shape index (κ1) is 20.8. The third-order valence-corrected chi connectivity index (χ3v) is 6.07. The maximum atomic E-state index is 11.6. The lowest BCUT2D eigenvalue weighted by atomic mass is 10.2. The van der Waals surface area contributed by atoms with Crippen molar-refractivity contribution in [3.63, 3.8) is 0 Å². The summed E-state index contributed by atoms with van der Waals surface area (Å²) < 4.78 is 12.9. The Morgan fingerprint density at radius 2 is 2.12 bits per heavy atom. The van der Waals surface area contributed by atoms with Crippen molar-refractivity contribution < 1.29 is 14.3 Å². The maximum Gasteiger partial charge on any atom is 0.247 e. The van der Waals surface area contributed by atoms with Crippen LogP contribution in [0.25, 0.3) is 10.1 Å². The van der Waals surface area contributed by atoms with Gasteiger partial charge in [0, 0.05) is 34.9 Å². The van der Waals surface area contributed by atoms with Gasteiger partial charge in [-0.1, -0.05) is 12.6 Å². The molecule has 166 valence electrons. The summed E-state index contributed by atoms with van der Waals surface area (Å²) in [5, 5.41) is 11.5. The third-order valence-electron chi connectivity index (χ3n) is 5.05. The normalized spacial score (nSPS) is 12.6. The maximum absolute atomic E-state index is 11.6. The number of hydrogen-bond donors (Lipinski definition) is 3. The van der Waals surface area contributed by atoms with Crippen LogP contribution in [0.2, 0.25) is 0 Å². The number of hydrogen-bond acceptors (Lipinski definition) is 7. The lowest BCUT2D eigenvalue weighted by molar-refractivity contribution is -0.111. The lowest BCUT2D eigenvalue weighted by Gasteiger charge is -2.10. The number of nitrogens with zero attached hydrogens (tertiary/aromatic N) is 1. The fourth-order valence-corrected chi connectivity index (χ4v) is 4.48. The van der Waals surface area contributed by atoms with Crippen molar-refractivity contribution in [2.24, 2.45) is 0 Å². The molecule has 7 nitrogen and oxygen atoms in total. The van der Waals surface area contributed by atoms with Gasteiger partial charge in [-0.2, -0.15) is 0 Å². The largest absolute Gasteiger partial charge is 0.491 e. The number of anilines is 4. The molecule has 2 aromatic heterocycles. The predicted octanol–water partition coefficient (Wildman–Crippen LogP) is 6.15. The molecule has 0 saturated heterocycles. The highest BCUT2D eigenvalue weighted by atomic mass is 32.1. The Balaban J connectivity index is 1.38. The van der Waals surface area contributed by atoms with Gasteiger partial charge in [0.05, 0.1) is 22.7 Å². The highest BCUT2D eigenvalue weighted by Gasteiger charge is 2.12. The van der Waals surface area contributed by atoms with E-state index in [1.54, 1.807) is 29.7 Å². The molecule has 0 saturated carbocycles. The van der Waals surface area contributed by atoms with E-state index in [0.29, 0.717) is 17.3 Å². The summed E-state index contributed by atoms with van der Waals surface area (Å²) in [4.78, 5) is 16.0. The SMILES string of the molecule is C=CC(=O)Nc1cccc(Oc2nccc3sc(Nc4ccc5c(c4)NCCCO5)cc23)c1. The van der Waals surface area contributed by atoms with Gasteiger partial charge < -0.3 is 25.4 Å². The van der Waals surface area contributed by atoms with Gasteiger partial charge in [0.25, 0.3) is 0 Å². The highest BCUT2D eigenvalue weighted by molar-refractivity contribution is 7.22. The zero-order valence-electron chi connectivity index (χ0n) is 17.8. The van der Waals surface area contributed by atoms with Crippen LogP contribution >= 0.6 is 11.3 Å². The van der Waals surface area contributed by atoms with E-state index in [-0.39, 0.29) is 5.91 Å². The van der Waals surface area contributed by atoms with Crippen LogP contribution in [0.4, 0.5) is 22.1 Å². The number of thiophene rings is 1. The number of carbonyl (C=O) groups excluding carboxylic acids is 1. The second-order valence-electron chi connectivity index (χ2n) is 7.43. The van der Waals surface area contributed by atoms with Crippen LogP contribution in [0.3, 0.4) is 0 Å². The molecule has 4 aromatic rings. The molecule has 0 radical (unpaired) electrons. The summed E-state index contributed by atoms with van der Waals surface area (Å²) in [7, 11) is 0. The average molecular weight is 459 g/mol. The Morgan fingerprint density at radius 3 is 3.03 bits per heavy atom. The molecule has 3 heterocycles. The second-order valence-corrected chi connectivity index (χ2v) is 8.51. The van der Waals surface area contributed by atoms with Crippen LogP contribution in [-0.2, 0) is 4.79 Å². The summed E-state index contributed by atoms with van der Waals surface area (Å²) >= 11 is 1.62. The molecule has 5 rings (SSSR count). The van der Waals surface area contributed by atoms with Crippen molar-refractivity contribution in [3.05, 3.63) is 73.4 Å². The first-order valence-corrected chi connectivity index (χ1v) is 11.4. The van der Waals surface area contributed by atoms with Gasteiger partial charge in [-0.15, -0.1) is 11.3 Å². The number of ether oxygens (including phenoxy) is 2. The van der Waals surface area contributed by atoms with Crippen LogP contribution in [-0.4, -0.2) is 24.0 Å².